The molecule has 0 fully saturated rings. The number of rotatable bonds is 11. The van der Waals surface area contributed by atoms with Crippen molar-refractivity contribution in [1.29, 1.82) is 5.41 Å². The predicted molar refractivity (Wildman–Crippen MR) is 135 cm³/mol. The van der Waals surface area contributed by atoms with Gasteiger partial charge in [-0.3, -0.25) is 9.59 Å². The first kappa shape index (κ1) is 26.5. The Morgan fingerprint density at radius 2 is 1.97 bits per heavy atom. The third-order valence-electron chi connectivity index (χ3n) is 5.42. The number of hydrogen-bond acceptors (Lipinski definition) is 7. The number of nitrogens with zero attached hydrogens (tertiary/aromatic N) is 1. The zero-order chi connectivity index (χ0) is 25.4. The number of carbonyl (C=O) groups is 2. The van der Waals surface area contributed by atoms with Crippen LogP contribution in [0.2, 0.25) is 10.0 Å². The number of carboxylic acid groups (broad SMARTS) is 1. The van der Waals surface area contributed by atoms with Crippen molar-refractivity contribution in [3.05, 3.63) is 69.0 Å². The molecule has 0 aliphatic carbocycles. The molecule has 11 heteroatoms. The van der Waals surface area contributed by atoms with E-state index < -0.39 is 30.9 Å². The lowest BCUT2D eigenvalue weighted by molar-refractivity contribution is -0.137. The molecule has 186 valence electrons. The van der Waals surface area contributed by atoms with Crippen LogP contribution in [0.4, 0.5) is 5.82 Å². The lowest BCUT2D eigenvalue weighted by Gasteiger charge is -2.19. The molecule has 1 aliphatic heterocycles. The van der Waals surface area contributed by atoms with E-state index in [1.165, 1.54) is 30.0 Å². The van der Waals surface area contributed by atoms with Crippen LogP contribution in [0.25, 0.3) is 0 Å². The van der Waals surface area contributed by atoms with E-state index in [0.29, 0.717) is 28.6 Å². The number of halogens is 2. The number of aromatic nitrogens is 1. The molecular weight excluding hydrogens is 493 g/mol. The van der Waals surface area contributed by atoms with E-state index in [1.54, 1.807) is 0 Å². The number of aryl methyl sites for hydroxylation is 1. The van der Waals surface area contributed by atoms with Gasteiger partial charge in [0.2, 0.25) is 0 Å². The van der Waals surface area contributed by atoms with Crippen LogP contribution < -0.4 is 16.0 Å². The Morgan fingerprint density at radius 1 is 1.23 bits per heavy atom. The SMILES string of the molecule is N=C(CO)/C(=C\NCCc1ccc2c(n1)NCCC2)C(=O)NC(CC(=O)O)c1cc(Cl)cc(Cl)c1. The van der Waals surface area contributed by atoms with Crippen LogP contribution in [-0.2, 0) is 22.4 Å². The van der Waals surface area contributed by atoms with Crippen molar-refractivity contribution in [2.45, 2.75) is 31.7 Å². The van der Waals surface area contributed by atoms with Crippen molar-refractivity contribution in [2.24, 2.45) is 0 Å². The smallest absolute Gasteiger partial charge is 0.305 e. The summed E-state index contributed by atoms with van der Waals surface area (Å²) in [6, 6.07) is 7.61. The molecule has 2 aromatic rings. The van der Waals surface area contributed by atoms with Gasteiger partial charge in [-0.1, -0.05) is 29.3 Å². The van der Waals surface area contributed by atoms with Gasteiger partial charge in [0.1, 0.15) is 5.82 Å². The van der Waals surface area contributed by atoms with Crippen LogP contribution >= 0.6 is 23.2 Å². The van der Waals surface area contributed by atoms with Crippen LogP contribution in [0.5, 0.6) is 0 Å². The van der Waals surface area contributed by atoms with Crippen LogP contribution in [0, 0.1) is 5.41 Å². The van der Waals surface area contributed by atoms with E-state index in [4.69, 9.17) is 28.6 Å². The Hall–Kier alpha value is -3.14. The predicted octanol–water partition coefficient (Wildman–Crippen LogP) is 3.11. The quantitative estimate of drug-likeness (QED) is 0.152. The zero-order valence-electron chi connectivity index (χ0n) is 18.9. The van der Waals surface area contributed by atoms with Crippen LogP contribution in [0.15, 0.2) is 42.1 Å². The summed E-state index contributed by atoms with van der Waals surface area (Å²) in [5.41, 5.74) is 2.05. The topological polar surface area (TPSA) is 147 Å². The van der Waals surface area contributed by atoms with Crippen LogP contribution in [-0.4, -0.2) is 52.5 Å². The number of benzene rings is 1. The van der Waals surface area contributed by atoms with Gasteiger partial charge in [0, 0.05) is 41.4 Å². The number of anilines is 1. The molecule has 1 aliphatic rings. The minimum Gasteiger partial charge on any atom is -0.481 e. The summed E-state index contributed by atoms with van der Waals surface area (Å²) in [7, 11) is 0. The Balaban J connectivity index is 1.69. The van der Waals surface area contributed by atoms with Gasteiger partial charge in [-0.25, -0.2) is 4.98 Å². The molecule has 0 spiro atoms. The van der Waals surface area contributed by atoms with Crippen molar-refractivity contribution in [1.82, 2.24) is 15.6 Å². The number of carbonyl (C=O) groups excluding carboxylic acids is 1. The molecule has 1 aromatic heterocycles. The average Bonchev–Trinajstić information content (AvgIpc) is 2.82. The molecule has 9 nitrogen and oxygen atoms in total. The molecule has 1 amide bonds. The Kier molecular flexibility index (Phi) is 9.47. The standard InChI is InChI=1S/C24H27Cl2N5O4/c25-16-8-15(9-17(26)10-16)21(11-22(33)34)31-24(35)19(20(27)13-32)12-28-7-5-18-4-3-14-2-1-6-29-23(14)30-18/h3-4,8-10,12,21,27-28,32H,1-2,5-7,11,13H2,(H,29,30)(H,31,35)(H,33,34)/b19-12+,27-20?. The number of pyridine rings is 1. The Bertz CT molecular complexity index is 1120. The summed E-state index contributed by atoms with van der Waals surface area (Å²) in [5, 5.41) is 36.2. The van der Waals surface area contributed by atoms with Crippen LogP contribution in [0.1, 0.15) is 35.7 Å². The van der Waals surface area contributed by atoms with Gasteiger partial charge in [0.05, 0.1) is 30.4 Å². The highest BCUT2D eigenvalue weighted by Gasteiger charge is 2.23. The number of fused-ring (bicyclic) bond motifs is 1. The third kappa shape index (κ3) is 7.68. The molecular formula is C24H27Cl2N5O4. The maximum Gasteiger partial charge on any atom is 0.305 e. The summed E-state index contributed by atoms with van der Waals surface area (Å²) < 4.78 is 0. The molecule has 6 N–H and O–H groups in total. The largest absolute Gasteiger partial charge is 0.481 e. The summed E-state index contributed by atoms with van der Waals surface area (Å²) >= 11 is 12.1. The van der Waals surface area contributed by atoms with Gasteiger partial charge in [0.15, 0.2) is 0 Å². The van der Waals surface area contributed by atoms with Gasteiger partial charge in [-0.15, -0.1) is 0 Å². The molecule has 0 saturated carbocycles. The first-order valence-electron chi connectivity index (χ1n) is 11.1. The van der Waals surface area contributed by atoms with E-state index >= 15 is 0 Å². The molecule has 3 rings (SSSR count). The number of carboxylic acids is 1. The lowest BCUT2D eigenvalue weighted by Crippen LogP contribution is -2.35. The summed E-state index contributed by atoms with van der Waals surface area (Å²) in [4.78, 5) is 29.0. The average molecular weight is 520 g/mol. The van der Waals surface area contributed by atoms with Gasteiger partial charge in [-0.2, -0.15) is 0 Å². The highest BCUT2D eigenvalue weighted by Crippen LogP contribution is 2.26. The number of hydrogen-bond donors (Lipinski definition) is 6. The summed E-state index contributed by atoms with van der Waals surface area (Å²) in [5.74, 6) is -0.952. The minimum absolute atomic E-state index is 0.115. The number of aliphatic carboxylic acids is 1. The minimum atomic E-state index is -1.14. The molecule has 35 heavy (non-hydrogen) atoms. The maximum absolute atomic E-state index is 13.0. The number of aliphatic hydroxyl groups is 1. The second-order valence-electron chi connectivity index (χ2n) is 8.07. The van der Waals surface area contributed by atoms with Gasteiger partial charge in [-0.05, 0) is 48.2 Å². The Morgan fingerprint density at radius 3 is 2.66 bits per heavy atom. The molecule has 0 bridgehead atoms. The van der Waals surface area contributed by atoms with Crippen molar-refractivity contribution in [2.75, 3.05) is 25.0 Å². The van der Waals surface area contributed by atoms with Crippen LogP contribution in [0.3, 0.4) is 0 Å². The van der Waals surface area contributed by atoms with E-state index in [9.17, 15) is 19.8 Å². The fourth-order valence-corrected chi connectivity index (χ4v) is 4.24. The Labute approximate surface area is 213 Å². The monoisotopic (exact) mass is 519 g/mol. The number of aliphatic hydroxyl groups excluding tert-OH is 1. The normalized spacial score (nSPS) is 13.9. The van der Waals surface area contributed by atoms with Gasteiger partial charge < -0.3 is 31.6 Å². The first-order chi connectivity index (χ1) is 16.8. The highest BCUT2D eigenvalue weighted by molar-refractivity contribution is 6.34. The fraction of sp³-hybridized carbons (Fsp3) is 0.333. The second-order valence-corrected chi connectivity index (χ2v) is 8.94. The number of amides is 1. The summed E-state index contributed by atoms with van der Waals surface area (Å²) in [6.45, 7) is 0.672. The molecule has 1 atom stereocenters. The molecule has 2 heterocycles. The molecule has 0 radical (unpaired) electrons. The van der Waals surface area contributed by atoms with Crippen molar-refractivity contribution in [3.63, 3.8) is 0 Å². The molecule has 1 unspecified atom stereocenters. The summed E-state index contributed by atoms with van der Waals surface area (Å²) in [6.07, 6.45) is 3.58. The van der Waals surface area contributed by atoms with Crippen molar-refractivity contribution < 1.29 is 19.8 Å². The van der Waals surface area contributed by atoms with Gasteiger partial charge >= 0.3 is 5.97 Å². The number of nitrogens with one attached hydrogen (secondary N) is 4. The maximum atomic E-state index is 13.0. The van der Waals surface area contributed by atoms with E-state index in [2.05, 4.69) is 27.0 Å². The van der Waals surface area contributed by atoms with E-state index in [0.717, 1.165) is 30.9 Å². The zero-order valence-corrected chi connectivity index (χ0v) is 20.4. The van der Waals surface area contributed by atoms with E-state index in [-0.39, 0.29) is 11.3 Å². The highest BCUT2D eigenvalue weighted by atomic mass is 35.5. The van der Waals surface area contributed by atoms with E-state index in [1.807, 2.05) is 6.07 Å². The second kappa shape index (κ2) is 12.5. The van der Waals surface area contributed by atoms with Crippen molar-refractivity contribution >= 4 is 46.6 Å². The fourth-order valence-electron chi connectivity index (χ4n) is 3.70. The first-order valence-corrected chi connectivity index (χ1v) is 11.9. The molecule has 1 aromatic carbocycles. The van der Waals surface area contributed by atoms with Crippen molar-refractivity contribution in [3.8, 4) is 0 Å². The molecule has 0 saturated heterocycles. The van der Waals surface area contributed by atoms with Gasteiger partial charge in [0.25, 0.3) is 5.91 Å². The lowest BCUT2D eigenvalue weighted by atomic mass is 10.0. The third-order valence-corrected chi connectivity index (χ3v) is 5.86.